The first-order chi connectivity index (χ1) is 5.13. The van der Waals surface area contributed by atoms with Gasteiger partial charge in [0.15, 0.2) is 0 Å². The molecule has 0 aliphatic heterocycles. The number of hydrogen-bond acceptors (Lipinski definition) is 2. The minimum atomic E-state index is -0.409. The zero-order valence-electron chi connectivity index (χ0n) is 6.59. The molecular formula is C8H11N2NaO. The van der Waals surface area contributed by atoms with Gasteiger partial charge in [-0.1, -0.05) is 0 Å². The molecule has 0 fully saturated rings. The number of primary amides is 1. The van der Waals surface area contributed by atoms with Crippen molar-refractivity contribution in [1.82, 2.24) is 4.98 Å². The predicted molar refractivity (Wildman–Crippen MR) is 49.4 cm³/mol. The number of carbonyl (C=O) groups is 1. The Morgan fingerprint density at radius 3 is 2.42 bits per heavy atom. The van der Waals surface area contributed by atoms with Crippen LogP contribution in [0.2, 0.25) is 0 Å². The van der Waals surface area contributed by atoms with E-state index in [-0.39, 0.29) is 29.6 Å². The summed E-state index contributed by atoms with van der Waals surface area (Å²) in [6, 6.07) is 1.77. The van der Waals surface area contributed by atoms with Crippen LogP contribution in [0.15, 0.2) is 12.3 Å². The Kier molecular flexibility index (Phi) is 4.45. The fraction of sp³-hybridized carbons (Fsp3) is 0.250. The summed E-state index contributed by atoms with van der Waals surface area (Å²) < 4.78 is 0. The van der Waals surface area contributed by atoms with Crippen LogP contribution in [0.3, 0.4) is 0 Å². The van der Waals surface area contributed by atoms with Gasteiger partial charge in [-0.2, -0.15) is 0 Å². The van der Waals surface area contributed by atoms with Crippen LogP contribution in [0.25, 0.3) is 0 Å². The second kappa shape index (κ2) is 4.60. The van der Waals surface area contributed by atoms with Gasteiger partial charge in [0.05, 0.1) is 11.3 Å². The average Bonchev–Trinajstić information content (AvgIpc) is 1.85. The number of nitrogens with two attached hydrogens (primary N) is 1. The molecule has 12 heavy (non-hydrogen) atoms. The third kappa shape index (κ3) is 2.30. The standard InChI is InChI=1S/C8H10N2O.Na.H/c1-5-3-4-10-6(2)7(5)8(9)11;;/h3-4H,1-2H3,(H2,9,11);;. The van der Waals surface area contributed by atoms with E-state index in [1.54, 1.807) is 19.2 Å². The maximum atomic E-state index is 10.8. The Hall–Kier alpha value is -0.380. The summed E-state index contributed by atoms with van der Waals surface area (Å²) in [5.74, 6) is -0.409. The summed E-state index contributed by atoms with van der Waals surface area (Å²) in [6.07, 6.45) is 1.66. The van der Waals surface area contributed by atoms with Crippen LogP contribution in [0, 0.1) is 13.8 Å². The first-order valence-corrected chi connectivity index (χ1v) is 3.35. The molecule has 1 amide bonds. The molecule has 4 heteroatoms. The van der Waals surface area contributed by atoms with Crippen molar-refractivity contribution in [3.05, 3.63) is 29.1 Å². The van der Waals surface area contributed by atoms with E-state index in [0.717, 1.165) is 5.56 Å². The van der Waals surface area contributed by atoms with Gasteiger partial charge in [-0.15, -0.1) is 0 Å². The molecule has 0 bridgehead atoms. The van der Waals surface area contributed by atoms with Crippen LogP contribution in [0.1, 0.15) is 21.6 Å². The van der Waals surface area contributed by atoms with Gasteiger partial charge in [0.1, 0.15) is 0 Å². The van der Waals surface area contributed by atoms with Crippen molar-refractivity contribution in [1.29, 1.82) is 0 Å². The van der Waals surface area contributed by atoms with E-state index < -0.39 is 5.91 Å². The van der Waals surface area contributed by atoms with Gasteiger partial charge < -0.3 is 5.73 Å². The Bertz CT molecular complexity index is 279. The first kappa shape index (κ1) is 11.6. The topological polar surface area (TPSA) is 56.0 Å². The monoisotopic (exact) mass is 174 g/mol. The Morgan fingerprint density at radius 1 is 1.50 bits per heavy atom. The number of nitrogens with zero attached hydrogens (tertiary/aromatic N) is 1. The fourth-order valence-corrected chi connectivity index (χ4v) is 1.07. The van der Waals surface area contributed by atoms with E-state index >= 15 is 0 Å². The third-order valence-corrected chi connectivity index (χ3v) is 1.60. The summed E-state index contributed by atoms with van der Waals surface area (Å²) in [5, 5.41) is 0. The van der Waals surface area contributed by atoms with Crippen LogP contribution in [0.5, 0.6) is 0 Å². The van der Waals surface area contributed by atoms with E-state index in [1.807, 2.05) is 6.92 Å². The molecule has 1 heterocycles. The summed E-state index contributed by atoms with van der Waals surface area (Å²) in [6.45, 7) is 3.61. The zero-order chi connectivity index (χ0) is 8.43. The molecule has 1 rings (SSSR count). The number of rotatable bonds is 1. The van der Waals surface area contributed by atoms with Crippen molar-refractivity contribution in [2.24, 2.45) is 5.73 Å². The van der Waals surface area contributed by atoms with Crippen LogP contribution >= 0.6 is 0 Å². The van der Waals surface area contributed by atoms with Crippen LogP contribution < -0.4 is 5.73 Å². The third-order valence-electron chi connectivity index (χ3n) is 1.60. The molecular weight excluding hydrogens is 163 g/mol. The molecule has 0 unspecified atom stereocenters. The fourth-order valence-electron chi connectivity index (χ4n) is 1.07. The molecule has 0 saturated heterocycles. The van der Waals surface area contributed by atoms with Crippen LogP contribution in [-0.4, -0.2) is 40.4 Å². The first-order valence-electron chi connectivity index (χ1n) is 3.35. The maximum absolute atomic E-state index is 10.8. The number of aryl methyl sites for hydroxylation is 2. The molecule has 3 nitrogen and oxygen atoms in total. The molecule has 0 aliphatic carbocycles. The summed E-state index contributed by atoms with van der Waals surface area (Å²) in [7, 11) is 0. The number of pyridine rings is 1. The van der Waals surface area contributed by atoms with Gasteiger partial charge in [-0.05, 0) is 25.5 Å². The molecule has 60 valence electrons. The van der Waals surface area contributed by atoms with Gasteiger partial charge in [-0.3, -0.25) is 9.78 Å². The number of amides is 1. The summed E-state index contributed by atoms with van der Waals surface area (Å²) in [4.78, 5) is 14.8. The molecule has 0 radical (unpaired) electrons. The second-order valence-electron chi connectivity index (χ2n) is 2.45. The Balaban J connectivity index is 0.00000121. The number of carbonyl (C=O) groups excluding carboxylic acids is 1. The normalized spacial score (nSPS) is 8.83. The van der Waals surface area contributed by atoms with Gasteiger partial charge in [-0.25, -0.2) is 0 Å². The van der Waals surface area contributed by atoms with Crippen LogP contribution in [0.4, 0.5) is 0 Å². The van der Waals surface area contributed by atoms with E-state index in [1.165, 1.54) is 0 Å². The van der Waals surface area contributed by atoms with Crippen molar-refractivity contribution in [2.45, 2.75) is 13.8 Å². The van der Waals surface area contributed by atoms with Gasteiger partial charge >= 0.3 is 29.6 Å². The Labute approximate surface area is 93.7 Å². The van der Waals surface area contributed by atoms with Crippen molar-refractivity contribution < 1.29 is 4.79 Å². The van der Waals surface area contributed by atoms with Crippen molar-refractivity contribution in [2.75, 3.05) is 0 Å². The minimum absolute atomic E-state index is 0. The predicted octanol–water partition coefficient (Wildman–Crippen LogP) is 0.149. The molecule has 1 aromatic heterocycles. The van der Waals surface area contributed by atoms with Crippen molar-refractivity contribution in [3.8, 4) is 0 Å². The van der Waals surface area contributed by atoms with Crippen molar-refractivity contribution >= 4 is 35.5 Å². The van der Waals surface area contributed by atoms with E-state index in [9.17, 15) is 4.79 Å². The molecule has 0 saturated carbocycles. The van der Waals surface area contributed by atoms with Gasteiger partial charge in [0, 0.05) is 6.20 Å². The molecule has 2 N–H and O–H groups in total. The molecule has 0 aromatic carbocycles. The second-order valence-corrected chi connectivity index (χ2v) is 2.45. The molecule has 0 spiro atoms. The van der Waals surface area contributed by atoms with Crippen molar-refractivity contribution in [3.63, 3.8) is 0 Å². The van der Waals surface area contributed by atoms with Crippen LogP contribution in [-0.2, 0) is 0 Å². The number of aromatic nitrogens is 1. The van der Waals surface area contributed by atoms with E-state index in [2.05, 4.69) is 4.98 Å². The molecule has 1 aromatic rings. The Morgan fingerprint density at radius 2 is 2.08 bits per heavy atom. The molecule has 0 aliphatic rings. The summed E-state index contributed by atoms with van der Waals surface area (Å²) >= 11 is 0. The average molecular weight is 174 g/mol. The quantitative estimate of drug-likeness (QED) is 0.616. The summed E-state index contributed by atoms with van der Waals surface area (Å²) in [5.41, 5.74) is 7.24. The number of hydrogen-bond donors (Lipinski definition) is 1. The zero-order valence-corrected chi connectivity index (χ0v) is 6.59. The van der Waals surface area contributed by atoms with E-state index in [4.69, 9.17) is 5.73 Å². The van der Waals surface area contributed by atoms with E-state index in [0.29, 0.717) is 11.3 Å². The molecule has 0 atom stereocenters. The SMILES string of the molecule is Cc1ccnc(C)c1C(N)=O.[NaH]. The van der Waals surface area contributed by atoms with Gasteiger partial charge in [0.2, 0.25) is 0 Å². The van der Waals surface area contributed by atoms with Gasteiger partial charge in [0.25, 0.3) is 5.91 Å².